The van der Waals surface area contributed by atoms with Gasteiger partial charge in [0.15, 0.2) is 5.82 Å². The molecular formula is C17H13Cl2N5O2. The lowest BCUT2D eigenvalue weighted by atomic mass is 9.85. The highest BCUT2D eigenvalue weighted by Crippen LogP contribution is 2.44. The molecule has 0 fully saturated rings. The van der Waals surface area contributed by atoms with Gasteiger partial charge in [-0.25, -0.2) is 5.10 Å². The van der Waals surface area contributed by atoms with Crippen LogP contribution >= 0.6 is 23.2 Å². The maximum absolute atomic E-state index is 12.4. The van der Waals surface area contributed by atoms with Crippen LogP contribution in [0.25, 0.3) is 5.82 Å². The first kappa shape index (κ1) is 16.8. The molecule has 0 unspecified atom stereocenters. The molecule has 1 aliphatic rings. The zero-order valence-corrected chi connectivity index (χ0v) is 15.1. The number of carbonyl (C=O) groups excluding carboxylic acids is 1. The average molecular weight is 390 g/mol. The minimum Gasteiger partial charge on any atom is -0.310 e. The summed E-state index contributed by atoms with van der Waals surface area (Å²) in [5.41, 5.74) is 1.92. The predicted molar refractivity (Wildman–Crippen MR) is 98.3 cm³/mol. The number of aromatic amines is 1. The first-order valence-electron chi connectivity index (χ1n) is 7.85. The summed E-state index contributed by atoms with van der Waals surface area (Å²) in [7, 11) is 0. The van der Waals surface area contributed by atoms with Crippen molar-refractivity contribution in [2.45, 2.75) is 19.3 Å². The molecule has 0 spiro atoms. The van der Waals surface area contributed by atoms with Gasteiger partial charge in [0.1, 0.15) is 5.82 Å². The fraction of sp³-hybridized carbons (Fsp3) is 0.176. The Morgan fingerprint density at radius 2 is 1.85 bits per heavy atom. The van der Waals surface area contributed by atoms with Gasteiger partial charge in [0.2, 0.25) is 5.91 Å². The maximum atomic E-state index is 12.4. The van der Waals surface area contributed by atoms with Crippen LogP contribution in [0.1, 0.15) is 29.2 Å². The van der Waals surface area contributed by atoms with E-state index in [1.165, 1.54) is 16.8 Å². The van der Waals surface area contributed by atoms with E-state index in [2.05, 4.69) is 20.6 Å². The highest BCUT2D eigenvalue weighted by Gasteiger charge is 2.34. The van der Waals surface area contributed by atoms with Crippen molar-refractivity contribution in [3.63, 3.8) is 0 Å². The third-order valence-electron chi connectivity index (χ3n) is 4.33. The normalized spacial score (nSPS) is 16.3. The van der Waals surface area contributed by atoms with Crippen molar-refractivity contribution in [1.29, 1.82) is 0 Å². The van der Waals surface area contributed by atoms with Crippen molar-refractivity contribution < 1.29 is 4.79 Å². The van der Waals surface area contributed by atoms with Gasteiger partial charge in [-0.05, 0) is 30.7 Å². The Morgan fingerprint density at radius 1 is 1.12 bits per heavy atom. The van der Waals surface area contributed by atoms with Crippen molar-refractivity contribution in [3.8, 4) is 5.82 Å². The van der Waals surface area contributed by atoms with E-state index in [-0.39, 0.29) is 23.8 Å². The molecule has 2 aromatic heterocycles. The summed E-state index contributed by atoms with van der Waals surface area (Å²) in [4.78, 5) is 23.6. The molecule has 0 radical (unpaired) electrons. The summed E-state index contributed by atoms with van der Waals surface area (Å²) in [5.74, 6) is 0.389. The fourth-order valence-electron chi connectivity index (χ4n) is 3.26. The van der Waals surface area contributed by atoms with E-state index in [1.54, 1.807) is 18.2 Å². The zero-order chi connectivity index (χ0) is 18.4. The number of amides is 1. The number of benzene rings is 1. The SMILES string of the molecule is Cc1nn(-c2ccc(=O)[nH]n2)c2c1[C@H](c1c(Cl)cccc1Cl)CC(=O)N2. The van der Waals surface area contributed by atoms with Crippen LogP contribution in [-0.2, 0) is 4.79 Å². The molecule has 3 aromatic rings. The van der Waals surface area contributed by atoms with Gasteiger partial charge in [0.25, 0.3) is 5.56 Å². The summed E-state index contributed by atoms with van der Waals surface area (Å²) in [5, 5.41) is 14.7. The van der Waals surface area contributed by atoms with E-state index in [0.717, 1.165) is 5.56 Å². The van der Waals surface area contributed by atoms with Crippen LogP contribution in [0.5, 0.6) is 0 Å². The van der Waals surface area contributed by atoms with Gasteiger partial charge in [-0.2, -0.15) is 14.9 Å². The summed E-state index contributed by atoms with van der Waals surface area (Å²) < 4.78 is 1.50. The van der Waals surface area contributed by atoms with Crippen LogP contribution in [0.4, 0.5) is 5.82 Å². The molecular weight excluding hydrogens is 377 g/mol. The van der Waals surface area contributed by atoms with Crippen LogP contribution < -0.4 is 10.9 Å². The molecule has 0 saturated carbocycles. The Labute approximate surface area is 157 Å². The number of halogens is 2. The standard InChI is InChI=1S/C17H13Cl2N5O2/c1-8-15-9(16-10(18)3-2-4-11(16)19)7-14(26)20-17(15)24(23-8)12-5-6-13(25)22-21-12/h2-6,9H,7H2,1H3,(H,20,26)(H,22,25)/t9-/m1/s1. The molecule has 1 aliphatic heterocycles. The number of nitrogens with zero attached hydrogens (tertiary/aromatic N) is 3. The lowest BCUT2D eigenvalue weighted by Gasteiger charge is -2.25. The second-order valence-electron chi connectivity index (χ2n) is 5.98. The Kier molecular flexibility index (Phi) is 4.05. The molecule has 132 valence electrons. The van der Waals surface area contributed by atoms with E-state index in [0.29, 0.717) is 32.9 Å². The highest BCUT2D eigenvalue weighted by atomic mass is 35.5. The van der Waals surface area contributed by atoms with Crippen LogP contribution in [0, 0.1) is 6.92 Å². The van der Waals surface area contributed by atoms with Gasteiger partial charge >= 0.3 is 0 Å². The largest absolute Gasteiger partial charge is 0.310 e. The molecule has 0 aliphatic carbocycles. The van der Waals surface area contributed by atoms with Gasteiger partial charge in [-0.15, -0.1) is 0 Å². The third-order valence-corrected chi connectivity index (χ3v) is 4.99. The van der Waals surface area contributed by atoms with Crippen molar-refractivity contribution in [1.82, 2.24) is 20.0 Å². The Morgan fingerprint density at radius 3 is 2.50 bits per heavy atom. The summed E-state index contributed by atoms with van der Waals surface area (Å²) >= 11 is 12.8. The zero-order valence-electron chi connectivity index (χ0n) is 13.6. The number of hydrogen-bond acceptors (Lipinski definition) is 4. The van der Waals surface area contributed by atoms with Crippen LogP contribution in [-0.4, -0.2) is 25.9 Å². The number of nitrogens with one attached hydrogen (secondary N) is 2. The van der Waals surface area contributed by atoms with Gasteiger partial charge in [0.05, 0.1) is 5.69 Å². The van der Waals surface area contributed by atoms with E-state index in [4.69, 9.17) is 23.2 Å². The number of hydrogen-bond donors (Lipinski definition) is 2. The monoisotopic (exact) mass is 389 g/mol. The molecule has 4 rings (SSSR count). The number of aromatic nitrogens is 4. The van der Waals surface area contributed by atoms with Crippen LogP contribution in [0.2, 0.25) is 10.0 Å². The molecule has 9 heteroatoms. The Balaban J connectivity index is 1.93. The molecule has 0 saturated heterocycles. The van der Waals surface area contributed by atoms with Gasteiger partial charge < -0.3 is 5.32 Å². The quantitative estimate of drug-likeness (QED) is 0.704. The Bertz CT molecular complexity index is 1050. The van der Waals surface area contributed by atoms with Gasteiger partial charge in [-0.3, -0.25) is 9.59 Å². The van der Waals surface area contributed by atoms with Crippen molar-refractivity contribution in [2.24, 2.45) is 0 Å². The first-order chi connectivity index (χ1) is 12.5. The number of carbonyl (C=O) groups is 1. The van der Waals surface area contributed by atoms with Crippen molar-refractivity contribution in [3.05, 3.63) is 67.6 Å². The lowest BCUT2D eigenvalue weighted by molar-refractivity contribution is -0.116. The molecule has 26 heavy (non-hydrogen) atoms. The molecule has 3 heterocycles. The van der Waals surface area contributed by atoms with Gasteiger partial charge in [-0.1, -0.05) is 29.3 Å². The minimum atomic E-state index is -0.323. The number of aryl methyl sites for hydroxylation is 1. The number of rotatable bonds is 2. The van der Waals surface area contributed by atoms with Crippen LogP contribution in [0.15, 0.2) is 35.1 Å². The lowest BCUT2D eigenvalue weighted by Crippen LogP contribution is -2.25. The van der Waals surface area contributed by atoms with E-state index in [9.17, 15) is 9.59 Å². The van der Waals surface area contributed by atoms with Crippen LogP contribution in [0.3, 0.4) is 0 Å². The average Bonchev–Trinajstić information content (AvgIpc) is 2.92. The molecule has 1 aromatic carbocycles. The Hall–Kier alpha value is -2.64. The second kappa shape index (κ2) is 6.26. The molecule has 0 bridgehead atoms. The van der Waals surface area contributed by atoms with Crippen molar-refractivity contribution >= 4 is 34.9 Å². The third kappa shape index (κ3) is 2.69. The van der Waals surface area contributed by atoms with E-state index < -0.39 is 0 Å². The fourth-order valence-corrected chi connectivity index (χ4v) is 3.92. The highest BCUT2D eigenvalue weighted by molar-refractivity contribution is 6.36. The van der Waals surface area contributed by atoms with E-state index in [1.807, 2.05) is 6.92 Å². The summed E-state index contributed by atoms with van der Waals surface area (Å²) in [6.07, 6.45) is 0.210. The molecule has 7 nitrogen and oxygen atoms in total. The molecule has 2 N–H and O–H groups in total. The minimum absolute atomic E-state index is 0.177. The number of anilines is 1. The van der Waals surface area contributed by atoms with Gasteiger partial charge in [0, 0.05) is 34.0 Å². The topological polar surface area (TPSA) is 92.7 Å². The number of fused-ring (bicyclic) bond motifs is 1. The smallest absolute Gasteiger partial charge is 0.264 e. The maximum Gasteiger partial charge on any atom is 0.264 e. The molecule has 1 atom stereocenters. The summed E-state index contributed by atoms with van der Waals surface area (Å²) in [6, 6.07) is 8.14. The molecule has 1 amide bonds. The predicted octanol–water partition coefficient (Wildman–Crippen LogP) is 3.04. The van der Waals surface area contributed by atoms with E-state index >= 15 is 0 Å². The number of H-pyrrole nitrogens is 1. The second-order valence-corrected chi connectivity index (χ2v) is 6.79. The first-order valence-corrected chi connectivity index (χ1v) is 8.60. The van der Waals surface area contributed by atoms with Crippen molar-refractivity contribution in [2.75, 3.05) is 5.32 Å². The summed E-state index contributed by atoms with van der Waals surface area (Å²) in [6.45, 7) is 1.84.